The lowest BCUT2D eigenvalue weighted by Crippen LogP contribution is -2.39. The number of nitrogens with zero attached hydrogens (tertiary/aromatic N) is 2. The van der Waals surface area contributed by atoms with Gasteiger partial charge in [0.2, 0.25) is 0 Å². The summed E-state index contributed by atoms with van der Waals surface area (Å²) in [5.41, 5.74) is 1.66. The van der Waals surface area contributed by atoms with Crippen molar-refractivity contribution < 1.29 is 9.53 Å². The van der Waals surface area contributed by atoms with E-state index in [1.54, 1.807) is 29.4 Å². The van der Waals surface area contributed by atoms with Crippen LogP contribution in [0.1, 0.15) is 18.4 Å². The summed E-state index contributed by atoms with van der Waals surface area (Å²) in [6.45, 7) is 1.81. The quantitative estimate of drug-likeness (QED) is 0.892. The molecule has 1 fully saturated rings. The van der Waals surface area contributed by atoms with Crippen LogP contribution in [0.4, 0.5) is 10.5 Å². The maximum absolute atomic E-state index is 12.7. The lowest BCUT2D eigenvalue weighted by Gasteiger charge is -2.25. The second kappa shape index (κ2) is 8.13. The van der Waals surface area contributed by atoms with Gasteiger partial charge in [-0.25, -0.2) is 4.79 Å². The van der Waals surface area contributed by atoms with Crippen molar-refractivity contribution in [1.29, 1.82) is 0 Å². The van der Waals surface area contributed by atoms with E-state index in [-0.39, 0.29) is 12.1 Å². The van der Waals surface area contributed by atoms with Gasteiger partial charge in [-0.1, -0.05) is 23.7 Å². The van der Waals surface area contributed by atoms with Crippen LogP contribution in [0.25, 0.3) is 0 Å². The zero-order chi connectivity index (χ0) is 16.8. The largest absolute Gasteiger partial charge is 0.376 e. The topological polar surface area (TPSA) is 54.5 Å². The van der Waals surface area contributed by atoms with Crippen molar-refractivity contribution in [2.75, 3.05) is 18.5 Å². The molecule has 6 heteroatoms. The molecule has 0 aliphatic carbocycles. The van der Waals surface area contributed by atoms with Crippen LogP contribution in [0.3, 0.4) is 0 Å². The Hall–Kier alpha value is -2.11. The van der Waals surface area contributed by atoms with E-state index >= 15 is 0 Å². The molecule has 2 aromatic rings. The minimum atomic E-state index is -0.170. The fourth-order valence-corrected chi connectivity index (χ4v) is 2.92. The van der Waals surface area contributed by atoms with Crippen molar-refractivity contribution in [3.05, 3.63) is 59.4 Å². The van der Waals surface area contributed by atoms with Gasteiger partial charge in [-0.3, -0.25) is 4.98 Å². The van der Waals surface area contributed by atoms with E-state index in [0.29, 0.717) is 23.8 Å². The molecule has 1 aliphatic heterocycles. The average Bonchev–Trinajstić information content (AvgIpc) is 3.08. The fraction of sp³-hybridized carbons (Fsp3) is 0.333. The maximum atomic E-state index is 12.7. The van der Waals surface area contributed by atoms with Gasteiger partial charge < -0.3 is 15.0 Å². The molecule has 0 spiro atoms. The van der Waals surface area contributed by atoms with Gasteiger partial charge >= 0.3 is 6.03 Å². The SMILES string of the molecule is O=C(Nc1cccc(Cl)c1)N(Cc1cccnc1)CC1CCCO1. The number of aromatic nitrogens is 1. The van der Waals surface area contributed by atoms with Gasteiger partial charge in [0, 0.05) is 42.8 Å². The Bertz CT molecular complexity index is 675. The lowest BCUT2D eigenvalue weighted by molar-refractivity contribution is 0.0819. The number of benzene rings is 1. The average molecular weight is 346 g/mol. The van der Waals surface area contributed by atoms with Crippen LogP contribution in [-0.2, 0) is 11.3 Å². The second-order valence-electron chi connectivity index (χ2n) is 5.82. The number of carbonyl (C=O) groups excluding carboxylic acids is 1. The first kappa shape index (κ1) is 16.7. The number of hydrogen-bond donors (Lipinski definition) is 1. The van der Waals surface area contributed by atoms with E-state index in [0.717, 1.165) is 25.0 Å². The maximum Gasteiger partial charge on any atom is 0.322 e. The van der Waals surface area contributed by atoms with Crippen LogP contribution in [0.15, 0.2) is 48.8 Å². The third kappa shape index (κ3) is 4.69. The van der Waals surface area contributed by atoms with Crippen molar-refractivity contribution in [2.24, 2.45) is 0 Å². The summed E-state index contributed by atoms with van der Waals surface area (Å²) in [5, 5.41) is 3.49. The molecule has 0 saturated carbocycles. The number of rotatable bonds is 5. The Morgan fingerprint density at radius 2 is 2.29 bits per heavy atom. The first-order valence-electron chi connectivity index (χ1n) is 8.03. The third-order valence-electron chi connectivity index (χ3n) is 3.91. The normalized spacial score (nSPS) is 16.8. The number of nitrogens with one attached hydrogen (secondary N) is 1. The van der Waals surface area contributed by atoms with Gasteiger partial charge in [0.15, 0.2) is 0 Å². The van der Waals surface area contributed by atoms with E-state index in [4.69, 9.17) is 16.3 Å². The molecule has 2 heterocycles. The van der Waals surface area contributed by atoms with Gasteiger partial charge in [-0.15, -0.1) is 0 Å². The molecule has 1 atom stereocenters. The Balaban J connectivity index is 1.70. The minimum Gasteiger partial charge on any atom is -0.376 e. The molecule has 1 aliphatic rings. The third-order valence-corrected chi connectivity index (χ3v) is 4.14. The lowest BCUT2D eigenvalue weighted by atomic mass is 10.2. The first-order chi connectivity index (χ1) is 11.7. The molecule has 5 nitrogen and oxygen atoms in total. The number of pyridine rings is 1. The molecule has 126 valence electrons. The first-order valence-corrected chi connectivity index (χ1v) is 8.40. The standard InChI is InChI=1S/C18H20ClN3O2/c19-15-5-1-6-16(10-15)21-18(23)22(13-17-7-3-9-24-17)12-14-4-2-8-20-11-14/h1-2,4-6,8,10-11,17H,3,7,9,12-13H2,(H,21,23). The number of amides is 2. The zero-order valence-electron chi connectivity index (χ0n) is 13.3. The number of hydrogen-bond acceptors (Lipinski definition) is 3. The summed E-state index contributed by atoms with van der Waals surface area (Å²) in [7, 11) is 0. The van der Waals surface area contributed by atoms with Gasteiger partial charge in [-0.2, -0.15) is 0 Å². The highest BCUT2D eigenvalue weighted by Crippen LogP contribution is 2.18. The Labute approximate surface area is 146 Å². The monoisotopic (exact) mass is 345 g/mol. The van der Waals surface area contributed by atoms with E-state index in [1.165, 1.54) is 0 Å². The number of halogens is 1. The van der Waals surface area contributed by atoms with E-state index in [9.17, 15) is 4.79 Å². The molecule has 24 heavy (non-hydrogen) atoms. The molecule has 1 N–H and O–H groups in total. The summed E-state index contributed by atoms with van der Waals surface area (Å²) >= 11 is 5.98. The highest BCUT2D eigenvalue weighted by atomic mass is 35.5. The second-order valence-corrected chi connectivity index (χ2v) is 6.25. The van der Waals surface area contributed by atoms with Gasteiger partial charge in [0.1, 0.15) is 0 Å². The Morgan fingerprint density at radius 1 is 1.38 bits per heavy atom. The van der Waals surface area contributed by atoms with E-state index in [1.807, 2.05) is 24.3 Å². The highest BCUT2D eigenvalue weighted by molar-refractivity contribution is 6.30. The molecular formula is C18H20ClN3O2. The number of carbonyl (C=O) groups is 1. The molecule has 0 radical (unpaired) electrons. The molecule has 2 amide bonds. The molecule has 3 rings (SSSR count). The van der Waals surface area contributed by atoms with Gasteiger partial charge in [-0.05, 0) is 42.7 Å². The number of urea groups is 1. The smallest absolute Gasteiger partial charge is 0.322 e. The summed E-state index contributed by atoms with van der Waals surface area (Å²) in [4.78, 5) is 18.6. The van der Waals surface area contributed by atoms with Crippen LogP contribution in [0.5, 0.6) is 0 Å². The predicted octanol–water partition coefficient (Wildman–Crippen LogP) is 3.95. The molecule has 1 saturated heterocycles. The van der Waals surface area contributed by atoms with Crippen LogP contribution in [0, 0.1) is 0 Å². The summed E-state index contributed by atoms with van der Waals surface area (Å²) < 4.78 is 5.68. The molecule has 1 aromatic carbocycles. The van der Waals surface area contributed by atoms with E-state index < -0.39 is 0 Å². The predicted molar refractivity (Wildman–Crippen MR) is 94.1 cm³/mol. The molecule has 1 unspecified atom stereocenters. The summed E-state index contributed by atoms with van der Waals surface area (Å²) in [5.74, 6) is 0. The fourth-order valence-electron chi connectivity index (χ4n) is 2.73. The van der Waals surface area contributed by atoms with Crippen molar-refractivity contribution in [3.63, 3.8) is 0 Å². The van der Waals surface area contributed by atoms with Gasteiger partial charge in [0.05, 0.1) is 6.10 Å². The van der Waals surface area contributed by atoms with Crippen molar-refractivity contribution >= 4 is 23.3 Å². The van der Waals surface area contributed by atoms with Crippen molar-refractivity contribution in [1.82, 2.24) is 9.88 Å². The van der Waals surface area contributed by atoms with Crippen LogP contribution in [-0.4, -0.2) is 35.2 Å². The Kier molecular flexibility index (Phi) is 5.67. The minimum absolute atomic E-state index is 0.0896. The highest BCUT2D eigenvalue weighted by Gasteiger charge is 2.23. The number of anilines is 1. The van der Waals surface area contributed by atoms with E-state index in [2.05, 4.69) is 10.3 Å². The van der Waals surface area contributed by atoms with Crippen LogP contribution in [0.2, 0.25) is 5.02 Å². The van der Waals surface area contributed by atoms with Crippen molar-refractivity contribution in [3.8, 4) is 0 Å². The molecule has 1 aromatic heterocycles. The summed E-state index contributed by atoms with van der Waals surface area (Å²) in [6, 6.07) is 10.8. The summed E-state index contributed by atoms with van der Waals surface area (Å²) in [6.07, 6.45) is 5.61. The van der Waals surface area contributed by atoms with Crippen LogP contribution >= 0.6 is 11.6 Å². The number of ether oxygens (including phenoxy) is 1. The van der Waals surface area contributed by atoms with Gasteiger partial charge in [0.25, 0.3) is 0 Å². The van der Waals surface area contributed by atoms with Crippen LogP contribution < -0.4 is 5.32 Å². The molecule has 0 bridgehead atoms. The zero-order valence-corrected chi connectivity index (χ0v) is 14.1. The Morgan fingerprint density at radius 3 is 3.00 bits per heavy atom. The molecular weight excluding hydrogens is 326 g/mol. The van der Waals surface area contributed by atoms with Crippen molar-refractivity contribution in [2.45, 2.75) is 25.5 Å².